The highest BCUT2D eigenvalue weighted by Crippen LogP contribution is 2.38. The first kappa shape index (κ1) is 21.8. The maximum atomic E-state index is 13.4. The summed E-state index contributed by atoms with van der Waals surface area (Å²) >= 11 is 0. The fraction of sp³-hybridized carbons (Fsp3) is 0.214. The van der Waals surface area contributed by atoms with Crippen molar-refractivity contribution in [3.63, 3.8) is 0 Å². The van der Waals surface area contributed by atoms with Crippen molar-refractivity contribution in [1.29, 1.82) is 0 Å². The highest BCUT2D eigenvalue weighted by atomic mass is 16.6. The van der Waals surface area contributed by atoms with Gasteiger partial charge < -0.3 is 14.4 Å². The Kier molecular flexibility index (Phi) is 6.04. The molecule has 2 amide bonds. The lowest BCUT2D eigenvalue weighted by atomic mass is 9.89. The molecule has 0 radical (unpaired) electrons. The average molecular weight is 455 g/mol. The van der Waals surface area contributed by atoms with Gasteiger partial charge >= 0.3 is 6.09 Å². The van der Waals surface area contributed by atoms with Crippen molar-refractivity contribution in [2.45, 2.75) is 24.7 Å². The van der Waals surface area contributed by atoms with Crippen LogP contribution >= 0.6 is 0 Å². The monoisotopic (exact) mass is 454 g/mol. The number of likely N-dealkylation sites (tertiary alicyclic amines) is 1. The Labute approximate surface area is 199 Å². The Morgan fingerprint density at radius 3 is 2.44 bits per heavy atom. The summed E-state index contributed by atoms with van der Waals surface area (Å²) in [5, 5.41) is 0. The minimum atomic E-state index is -0.620. The third-order valence-electron chi connectivity index (χ3n) is 6.39. The average Bonchev–Trinajstić information content (AvgIpc) is 3.26. The van der Waals surface area contributed by atoms with Crippen LogP contribution in [0.2, 0.25) is 0 Å². The first-order chi connectivity index (χ1) is 16.7. The number of benzene rings is 3. The number of hydrogen-bond donors (Lipinski definition) is 0. The van der Waals surface area contributed by atoms with E-state index in [0.29, 0.717) is 6.54 Å². The summed E-state index contributed by atoms with van der Waals surface area (Å²) in [6, 6.07) is 26.1. The van der Waals surface area contributed by atoms with E-state index in [2.05, 4.69) is 0 Å². The van der Waals surface area contributed by atoms with Crippen molar-refractivity contribution in [2.75, 3.05) is 13.7 Å². The standard InChI is InChI=1S/C28H26N2O4/c1-33-23-14-8-11-20(17-23)15-16-24-26(27(31)29(24)18-21-9-4-2-5-10-21)30-25(19-34-28(30)32)22-12-6-3-7-13-22/h2-17,24-26H,18-19H2,1H3/t24-,25+,26+/m1/s1. The van der Waals surface area contributed by atoms with Crippen LogP contribution in [-0.4, -0.2) is 47.6 Å². The summed E-state index contributed by atoms with van der Waals surface area (Å²) in [7, 11) is 1.63. The number of β-lactam (4-membered cyclic amide) rings is 1. The minimum absolute atomic E-state index is 0.0797. The summed E-state index contributed by atoms with van der Waals surface area (Å²) in [5.41, 5.74) is 2.96. The first-order valence-corrected chi connectivity index (χ1v) is 11.3. The van der Waals surface area contributed by atoms with E-state index in [1.54, 1.807) is 12.0 Å². The van der Waals surface area contributed by atoms with Gasteiger partial charge in [-0.1, -0.05) is 84.9 Å². The second-order valence-electron chi connectivity index (χ2n) is 8.43. The van der Waals surface area contributed by atoms with Gasteiger partial charge in [0.25, 0.3) is 0 Å². The molecule has 34 heavy (non-hydrogen) atoms. The van der Waals surface area contributed by atoms with Gasteiger partial charge in [-0.2, -0.15) is 0 Å². The molecular weight excluding hydrogens is 428 g/mol. The van der Waals surface area contributed by atoms with E-state index >= 15 is 0 Å². The van der Waals surface area contributed by atoms with Crippen LogP contribution in [0.5, 0.6) is 5.75 Å². The van der Waals surface area contributed by atoms with Gasteiger partial charge in [0, 0.05) is 6.54 Å². The van der Waals surface area contributed by atoms with E-state index in [9.17, 15) is 9.59 Å². The highest BCUT2D eigenvalue weighted by molar-refractivity contribution is 5.94. The summed E-state index contributed by atoms with van der Waals surface area (Å²) in [6.07, 6.45) is 3.52. The van der Waals surface area contributed by atoms with E-state index in [-0.39, 0.29) is 24.6 Å². The molecule has 2 heterocycles. The van der Waals surface area contributed by atoms with Crippen LogP contribution in [0.3, 0.4) is 0 Å². The van der Waals surface area contributed by atoms with Crippen molar-refractivity contribution in [3.8, 4) is 5.75 Å². The molecule has 5 rings (SSSR count). The van der Waals surface area contributed by atoms with Crippen LogP contribution in [0.15, 0.2) is 91.0 Å². The number of hydrogen-bond acceptors (Lipinski definition) is 4. The van der Waals surface area contributed by atoms with Crippen molar-refractivity contribution < 1.29 is 19.1 Å². The molecule has 6 heteroatoms. The van der Waals surface area contributed by atoms with Crippen molar-refractivity contribution in [2.24, 2.45) is 0 Å². The van der Waals surface area contributed by atoms with E-state index in [0.717, 1.165) is 22.4 Å². The molecule has 0 aliphatic carbocycles. The second kappa shape index (κ2) is 9.43. The predicted molar refractivity (Wildman–Crippen MR) is 129 cm³/mol. The lowest BCUT2D eigenvalue weighted by molar-refractivity contribution is -0.155. The molecule has 0 aromatic heterocycles. The number of ether oxygens (including phenoxy) is 2. The molecule has 0 bridgehead atoms. The summed E-state index contributed by atoms with van der Waals surface area (Å²) < 4.78 is 10.7. The smallest absolute Gasteiger partial charge is 0.411 e. The molecule has 0 N–H and O–H groups in total. The van der Waals surface area contributed by atoms with Crippen molar-refractivity contribution >= 4 is 18.1 Å². The van der Waals surface area contributed by atoms with E-state index in [1.165, 1.54) is 0 Å². The summed E-state index contributed by atoms with van der Waals surface area (Å²) in [4.78, 5) is 29.6. The lowest BCUT2D eigenvalue weighted by Crippen LogP contribution is -2.69. The quantitative estimate of drug-likeness (QED) is 0.487. The van der Waals surface area contributed by atoms with Crippen LogP contribution in [-0.2, 0) is 16.1 Å². The second-order valence-corrected chi connectivity index (χ2v) is 8.43. The number of cyclic esters (lactones) is 1. The third-order valence-corrected chi connectivity index (χ3v) is 6.39. The Morgan fingerprint density at radius 1 is 0.971 bits per heavy atom. The Balaban J connectivity index is 1.46. The topological polar surface area (TPSA) is 59.1 Å². The van der Waals surface area contributed by atoms with Crippen molar-refractivity contribution in [3.05, 3.63) is 108 Å². The van der Waals surface area contributed by atoms with Crippen LogP contribution in [0.25, 0.3) is 6.08 Å². The number of carbonyl (C=O) groups excluding carboxylic acids is 2. The molecule has 0 saturated carbocycles. The van der Waals surface area contributed by atoms with Crippen LogP contribution in [0, 0.1) is 0 Å². The van der Waals surface area contributed by atoms with Gasteiger partial charge in [0.15, 0.2) is 0 Å². The first-order valence-electron chi connectivity index (χ1n) is 11.3. The molecular formula is C28H26N2O4. The molecule has 3 aromatic carbocycles. The van der Waals surface area contributed by atoms with Crippen LogP contribution < -0.4 is 4.74 Å². The molecule has 2 aliphatic rings. The SMILES string of the molecule is COc1cccc(C=C[C@@H]2[C@H](N3C(=O)OC[C@H]3c3ccccc3)C(=O)N2Cc2ccccc2)c1. The maximum absolute atomic E-state index is 13.4. The minimum Gasteiger partial charge on any atom is -0.497 e. The molecule has 0 spiro atoms. The Morgan fingerprint density at radius 2 is 1.71 bits per heavy atom. The van der Waals surface area contributed by atoms with Gasteiger partial charge in [-0.05, 0) is 28.8 Å². The molecule has 3 aromatic rings. The number of carbonyl (C=O) groups is 2. The molecule has 3 atom stereocenters. The van der Waals surface area contributed by atoms with Gasteiger partial charge in [-0.25, -0.2) is 4.79 Å². The van der Waals surface area contributed by atoms with E-state index < -0.39 is 12.1 Å². The molecule has 2 aliphatic heterocycles. The molecule has 2 saturated heterocycles. The summed E-state index contributed by atoms with van der Waals surface area (Å²) in [6.45, 7) is 0.708. The van der Waals surface area contributed by atoms with Gasteiger partial charge in [0.2, 0.25) is 5.91 Å². The summed E-state index contributed by atoms with van der Waals surface area (Å²) in [5.74, 6) is 0.681. The Hall–Kier alpha value is -4.06. The Bertz CT molecular complexity index is 1200. The van der Waals surface area contributed by atoms with Crippen LogP contribution in [0.4, 0.5) is 4.79 Å². The largest absolute Gasteiger partial charge is 0.497 e. The number of methoxy groups -OCH3 is 1. The highest BCUT2D eigenvalue weighted by Gasteiger charge is 2.55. The number of amides is 2. The third kappa shape index (κ3) is 4.15. The fourth-order valence-corrected chi connectivity index (χ4v) is 4.63. The number of rotatable bonds is 7. The normalized spacial score (nSPS) is 22.1. The zero-order valence-corrected chi connectivity index (χ0v) is 18.9. The van der Waals surface area contributed by atoms with E-state index in [4.69, 9.17) is 9.47 Å². The van der Waals surface area contributed by atoms with E-state index in [1.807, 2.05) is 102 Å². The number of nitrogens with zero attached hydrogens (tertiary/aromatic N) is 2. The molecule has 2 fully saturated rings. The zero-order chi connectivity index (χ0) is 23.5. The van der Waals surface area contributed by atoms with Gasteiger partial charge in [0.05, 0.1) is 19.2 Å². The predicted octanol–water partition coefficient (Wildman–Crippen LogP) is 4.68. The maximum Gasteiger partial charge on any atom is 0.411 e. The van der Waals surface area contributed by atoms with Gasteiger partial charge in [0.1, 0.15) is 18.4 Å². The fourth-order valence-electron chi connectivity index (χ4n) is 4.63. The van der Waals surface area contributed by atoms with Gasteiger partial charge in [-0.3, -0.25) is 9.69 Å². The zero-order valence-electron chi connectivity index (χ0n) is 18.9. The molecule has 6 nitrogen and oxygen atoms in total. The molecule has 0 unspecified atom stereocenters. The molecule has 172 valence electrons. The van der Waals surface area contributed by atoms with Crippen LogP contribution in [0.1, 0.15) is 22.7 Å². The van der Waals surface area contributed by atoms with Crippen molar-refractivity contribution in [1.82, 2.24) is 9.80 Å². The lowest BCUT2D eigenvalue weighted by Gasteiger charge is -2.49. The van der Waals surface area contributed by atoms with Gasteiger partial charge in [-0.15, -0.1) is 0 Å².